The number of rotatable bonds is 9. The summed E-state index contributed by atoms with van der Waals surface area (Å²) in [5.41, 5.74) is -0.0671. The molecule has 1 rings (SSSR count). The second-order valence-electron chi connectivity index (χ2n) is 5.05. The van der Waals surface area contributed by atoms with Gasteiger partial charge in [0.25, 0.3) is 0 Å². The van der Waals surface area contributed by atoms with Gasteiger partial charge in [0.05, 0.1) is 15.5 Å². The van der Waals surface area contributed by atoms with Crippen LogP contribution in [0.5, 0.6) is 11.5 Å². The van der Waals surface area contributed by atoms with Crippen LogP contribution in [0, 0.1) is 10.1 Å². The molecule has 0 unspecified atom stereocenters. The molecule has 0 aliphatic rings. The van der Waals surface area contributed by atoms with Gasteiger partial charge in [0.1, 0.15) is 12.4 Å². The lowest BCUT2D eigenvalue weighted by molar-refractivity contribution is -0.386. The fourth-order valence-corrected chi connectivity index (χ4v) is 2.38. The summed E-state index contributed by atoms with van der Waals surface area (Å²) in [7, 11) is 0. The van der Waals surface area contributed by atoms with Crippen LogP contribution in [0.25, 0.3) is 0 Å². The lowest BCUT2D eigenvalue weighted by Crippen LogP contribution is -2.28. The van der Waals surface area contributed by atoms with Crippen LogP contribution in [-0.2, 0) is 0 Å². The third kappa shape index (κ3) is 5.46. The molecule has 0 radical (unpaired) electrons. The number of hydrogen-bond donors (Lipinski definition) is 0. The van der Waals surface area contributed by atoms with Gasteiger partial charge in [0.2, 0.25) is 5.75 Å². The molecule has 1 aromatic rings. The van der Waals surface area contributed by atoms with Gasteiger partial charge in [-0.15, -0.1) is 0 Å². The average Bonchev–Trinajstić information content (AvgIpc) is 2.45. The zero-order chi connectivity index (χ0) is 16.7. The van der Waals surface area contributed by atoms with Gasteiger partial charge in [-0.1, -0.05) is 13.8 Å². The first kappa shape index (κ1) is 18.7. The SMILES string of the molecule is CCN(CC)CCOc1cc(OC(C)C)c(Br)cc1[N+](=O)[O-]. The normalized spacial score (nSPS) is 11.0. The van der Waals surface area contributed by atoms with E-state index in [9.17, 15) is 10.1 Å². The van der Waals surface area contributed by atoms with Crippen LogP contribution in [0.1, 0.15) is 27.7 Å². The Morgan fingerprint density at radius 2 is 1.91 bits per heavy atom. The summed E-state index contributed by atoms with van der Waals surface area (Å²) in [5, 5.41) is 11.2. The molecule has 124 valence electrons. The minimum absolute atomic E-state index is 0.0266. The van der Waals surface area contributed by atoms with Crippen LogP contribution in [0.2, 0.25) is 0 Å². The standard InChI is InChI=1S/C15H23BrN2O4/c1-5-17(6-2)7-8-21-15-10-14(22-11(3)4)12(16)9-13(15)18(19)20/h9-11H,5-8H2,1-4H3. The Labute approximate surface area is 139 Å². The van der Waals surface area contributed by atoms with Gasteiger partial charge in [-0.25, -0.2) is 0 Å². The van der Waals surface area contributed by atoms with Crippen LogP contribution >= 0.6 is 15.9 Å². The van der Waals surface area contributed by atoms with Crippen LogP contribution in [0.15, 0.2) is 16.6 Å². The van der Waals surface area contributed by atoms with Crippen molar-refractivity contribution in [2.45, 2.75) is 33.8 Å². The molecule has 0 amide bonds. The summed E-state index contributed by atoms with van der Waals surface area (Å²) < 4.78 is 11.8. The topological polar surface area (TPSA) is 64.8 Å². The number of nitrogens with zero attached hydrogens (tertiary/aromatic N) is 2. The first-order valence-corrected chi connectivity index (χ1v) is 8.18. The predicted molar refractivity (Wildman–Crippen MR) is 89.8 cm³/mol. The summed E-state index contributed by atoms with van der Waals surface area (Å²) in [6, 6.07) is 2.99. The van der Waals surface area contributed by atoms with E-state index in [1.165, 1.54) is 6.07 Å². The number of nitro benzene ring substituents is 1. The van der Waals surface area contributed by atoms with Crippen LogP contribution < -0.4 is 9.47 Å². The van der Waals surface area contributed by atoms with E-state index in [-0.39, 0.29) is 17.5 Å². The molecule has 0 aliphatic heterocycles. The lowest BCUT2D eigenvalue weighted by atomic mass is 10.2. The van der Waals surface area contributed by atoms with E-state index < -0.39 is 4.92 Å². The molecule has 1 aromatic carbocycles. The molecular weight excluding hydrogens is 352 g/mol. The Balaban J connectivity index is 2.91. The average molecular weight is 375 g/mol. The minimum Gasteiger partial charge on any atom is -0.490 e. The maximum absolute atomic E-state index is 11.2. The van der Waals surface area contributed by atoms with E-state index >= 15 is 0 Å². The van der Waals surface area contributed by atoms with Crippen molar-refractivity contribution in [2.24, 2.45) is 0 Å². The highest BCUT2D eigenvalue weighted by molar-refractivity contribution is 9.10. The van der Waals surface area contributed by atoms with Crippen molar-refractivity contribution in [1.29, 1.82) is 0 Å². The van der Waals surface area contributed by atoms with Crippen molar-refractivity contribution in [2.75, 3.05) is 26.2 Å². The molecule has 0 fully saturated rings. The van der Waals surface area contributed by atoms with Gasteiger partial charge >= 0.3 is 5.69 Å². The maximum Gasteiger partial charge on any atom is 0.312 e. The first-order valence-electron chi connectivity index (χ1n) is 7.38. The number of likely N-dealkylation sites (N-methyl/N-ethyl adjacent to an activating group) is 1. The third-order valence-electron chi connectivity index (χ3n) is 3.13. The minimum atomic E-state index is -0.448. The molecule has 0 aliphatic carbocycles. The van der Waals surface area contributed by atoms with Crippen LogP contribution in [0.3, 0.4) is 0 Å². The summed E-state index contributed by atoms with van der Waals surface area (Å²) in [6.07, 6.45) is -0.0266. The molecule has 0 bridgehead atoms. The highest BCUT2D eigenvalue weighted by atomic mass is 79.9. The smallest absolute Gasteiger partial charge is 0.312 e. The van der Waals surface area contributed by atoms with Gasteiger partial charge in [0.15, 0.2) is 0 Å². The largest absolute Gasteiger partial charge is 0.490 e. The third-order valence-corrected chi connectivity index (χ3v) is 3.75. The Morgan fingerprint density at radius 3 is 2.41 bits per heavy atom. The molecule has 0 N–H and O–H groups in total. The Bertz CT molecular complexity index is 505. The predicted octanol–water partition coefficient (Wildman–Crippen LogP) is 3.87. The van der Waals surface area contributed by atoms with Crippen molar-refractivity contribution in [1.82, 2.24) is 4.90 Å². The number of ether oxygens (including phenoxy) is 2. The van der Waals surface area contributed by atoms with Gasteiger partial charge in [-0.2, -0.15) is 0 Å². The molecule has 0 heterocycles. The Morgan fingerprint density at radius 1 is 1.27 bits per heavy atom. The van der Waals surface area contributed by atoms with E-state index in [0.717, 1.165) is 19.6 Å². The summed E-state index contributed by atoms with van der Waals surface area (Å²) in [6.45, 7) is 10.9. The molecule has 7 heteroatoms. The molecule has 0 saturated heterocycles. The van der Waals surface area contributed by atoms with Crippen LogP contribution in [0.4, 0.5) is 5.69 Å². The number of benzene rings is 1. The second kappa shape index (κ2) is 8.95. The Kier molecular flexibility index (Phi) is 7.61. The number of nitro groups is 1. The monoisotopic (exact) mass is 374 g/mol. The van der Waals surface area contributed by atoms with Gasteiger partial charge in [-0.3, -0.25) is 10.1 Å². The van der Waals surface area contributed by atoms with Crippen molar-refractivity contribution < 1.29 is 14.4 Å². The Hall–Kier alpha value is -1.34. The lowest BCUT2D eigenvalue weighted by Gasteiger charge is -2.18. The zero-order valence-corrected chi connectivity index (χ0v) is 15.1. The van der Waals surface area contributed by atoms with Crippen molar-refractivity contribution in [3.63, 3.8) is 0 Å². The van der Waals surface area contributed by atoms with Crippen molar-refractivity contribution in [3.05, 3.63) is 26.7 Å². The molecule has 6 nitrogen and oxygen atoms in total. The zero-order valence-electron chi connectivity index (χ0n) is 13.5. The summed E-state index contributed by atoms with van der Waals surface area (Å²) in [4.78, 5) is 12.9. The van der Waals surface area contributed by atoms with Gasteiger partial charge in [0, 0.05) is 18.7 Å². The molecular formula is C15H23BrN2O4. The number of hydrogen-bond acceptors (Lipinski definition) is 5. The molecule has 0 aromatic heterocycles. The van der Waals surface area contributed by atoms with E-state index in [1.54, 1.807) is 6.07 Å². The molecule has 0 spiro atoms. The first-order chi connectivity index (χ1) is 10.4. The fourth-order valence-electron chi connectivity index (χ4n) is 1.95. The van der Waals surface area contributed by atoms with E-state index in [0.29, 0.717) is 16.8 Å². The summed E-state index contributed by atoms with van der Waals surface area (Å²) >= 11 is 3.30. The quantitative estimate of drug-likeness (QED) is 0.484. The summed E-state index contributed by atoms with van der Waals surface area (Å²) in [5.74, 6) is 0.773. The highest BCUT2D eigenvalue weighted by Crippen LogP contribution is 2.38. The highest BCUT2D eigenvalue weighted by Gasteiger charge is 2.20. The van der Waals surface area contributed by atoms with Gasteiger partial charge in [-0.05, 0) is 42.9 Å². The second-order valence-corrected chi connectivity index (χ2v) is 5.90. The van der Waals surface area contributed by atoms with Crippen molar-refractivity contribution >= 4 is 21.6 Å². The molecule has 22 heavy (non-hydrogen) atoms. The van der Waals surface area contributed by atoms with Crippen LogP contribution in [-0.4, -0.2) is 42.2 Å². The molecule has 0 atom stereocenters. The maximum atomic E-state index is 11.2. The fraction of sp³-hybridized carbons (Fsp3) is 0.600. The van der Waals surface area contributed by atoms with E-state index in [1.807, 2.05) is 13.8 Å². The van der Waals surface area contributed by atoms with E-state index in [2.05, 4.69) is 34.7 Å². The molecule has 0 saturated carbocycles. The van der Waals surface area contributed by atoms with E-state index in [4.69, 9.17) is 9.47 Å². The van der Waals surface area contributed by atoms with Crippen molar-refractivity contribution in [3.8, 4) is 11.5 Å². The van der Waals surface area contributed by atoms with Gasteiger partial charge < -0.3 is 14.4 Å². The number of halogens is 1.